The molecule has 2 rings (SSSR count). The maximum Gasteiger partial charge on any atom is 0.00952 e. The van der Waals surface area contributed by atoms with E-state index in [0.29, 0.717) is 12.1 Å². The third kappa shape index (κ3) is 2.98. The first-order valence-corrected chi connectivity index (χ1v) is 7.17. The lowest BCUT2D eigenvalue weighted by Gasteiger charge is -2.41. The molecule has 2 heteroatoms. The van der Waals surface area contributed by atoms with E-state index in [4.69, 9.17) is 0 Å². The Morgan fingerprint density at radius 3 is 2.00 bits per heavy atom. The lowest BCUT2D eigenvalue weighted by Crippen LogP contribution is -2.48. The molecule has 1 saturated heterocycles. The average Bonchev–Trinajstić information content (AvgIpc) is 2.11. The van der Waals surface area contributed by atoms with Gasteiger partial charge in [0.1, 0.15) is 0 Å². The van der Waals surface area contributed by atoms with Gasteiger partial charge in [-0.3, -0.25) is 0 Å². The largest absolute Gasteiger partial charge is 0.312 e. The summed E-state index contributed by atoms with van der Waals surface area (Å²) in [5.41, 5.74) is 0. The minimum Gasteiger partial charge on any atom is -0.312 e. The van der Waals surface area contributed by atoms with Crippen molar-refractivity contribution < 1.29 is 0 Å². The SMILES string of the molecule is CC1CCN(C(C)C2CCC2)CCC(C)N1. The Bertz CT molecular complexity index is 201. The Morgan fingerprint density at radius 2 is 1.56 bits per heavy atom. The van der Waals surface area contributed by atoms with Gasteiger partial charge in [0.2, 0.25) is 0 Å². The van der Waals surface area contributed by atoms with Crippen LogP contribution in [-0.2, 0) is 0 Å². The molecule has 3 atom stereocenters. The van der Waals surface area contributed by atoms with Crippen molar-refractivity contribution >= 4 is 0 Å². The zero-order valence-electron chi connectivity index (χ0n) is 11.2. The van der Waals surface area contributed by atoms with Crippen molar-refractivity contribution in [2.45, 2.75) is 71.0 Å². The number of hydrogen-bond donors (Lipinski definition) is 1. The molecule has 16 heavy (non-hydrogen) atoms. The Labute approximate surface area is 101 Å². The third-order valence-corrected chi connectivity index (χ3v) is 4.68. The molecule has 2 nitrogen and oxygen atoms in total. The first kappa shape index (κ1) is 12.4. The normalized spacial score (nSPS) is 36.2. The first-order valence-electron chi connectivity index (χ1n) is 7.17. The van der Waals surface area contributed by atoms with E-state index in [-0.39, 0.29) is 0 Å². The van der Waals surface area contributed by atoms with E-state index in [1.165, 1.54) is 45.2 Å². The van der Waals surface area contributed by atoms with Gasteiger partial charge in [-0.15, -0.1) is 0 Å². The fraction of sp³-hybridized carbons (Fsp3) is 1.00. The maximum absolute atomic E-state index is 3.67. The molecule has 0 bridgehead atoms. The van der Waals surface area contributed by atoms with Gasteiger partial charge in [-0.05, 0) is 65.5 Å². The fourth-order valence-electron chi connectivity index (χ4n) is 3.11. The van der Waals surface area contributed by atoms with Crippen molar-refractivity contribution in [2.24, 2.45) is 5.92 Å². The Balaban J connectivity index is 1.87. The van der Waals surface area contributed by atoms with E-state index < -0.39 is 0 Å². The molecule has 0 aromatic heterocycles. The van der Waals surface area contributed by atoms with Gasteiger partial charge in [0, 0.05) is 18.1 Å². The fourth-order valence-corrected chi connectivity index (χ4v) is 3.11. The van der Waals surface area contributed by atoms with E-state index in [1.54, 1.807) is 0 Å². The van der Waals surface area contributed by atoms with Crippen molar-refractivity contribution in [3.05, 3.63) is 0 Å². The van der Waals surface area contributed by atoms with Crippen LogP contribution in [0.15, 0.2) is 0 Å². The van der Waals surface area contributed by atoms with Crippen molar-refractivity contribution in [1.82, 2.24) is 10.2 Å². The molecular formula is C14H28N2. The predicted molar refractivity (Wildman–Crippen MR) is 69.7 cm³/mol. The minimum absolute atomic E-state index is 0.686. The van der Waals surface area contributed by atoms with Crippen molar-refractivity contribution in [3.63, 3.8) is 0 Å². The second kappa shape index (κ2) is 5.50. The summed E-state index contributed by atoms with van der Waals surface area (Å²) in [6.45, 7) is 9.69. The number of nitrogens with one attached hydrogen (secondary N) is 1. The van der Waals surface area contributed by atoms with E-state index in [2.05, 4.69) is 31.0 Å². The monoisotopic (exact) mass is 224 g/mol. The highest BCUT2D eigenvalue weighted by molar-refractivity contribution is 4.84. The molecule has 0 aromatic rings. The molecule has 1 aliphatic carbocycles. The van der Waals surface area contributed by atoms with E-state index in [0.717, 1.165) is 12.0 Å². The second-order valence-electron chi connectivity index (χ2n) is 6.01. The van der Waals surface area contributed by atoms with Crippen molar-refractivity contribution in [3.8, 4) is 0 Å². The number of hydrogen-bond acceptors (Lipinski definition) is 2. The molecular weight excluding hydrogens is 196 g/mol. The summed E-state index contributed by atoms with van der Waals surface area (Å²) in [4.78, 5) is 2.75. The molecule has 2 aliphatic rings. The van der Waals surface area contributed by atoms with Gasteiger partial charge >= 0.3 is 0 Å². The predicted octanol–water partition coefficient (Wildman–Crippen LogP) is 2.64. The summed E-state index contributed by atoms with van der Waals surface area (Å²) in [7, 11) is 0. The Kier molecular flexibility index (Phi) is 4.26. The molecule has 1 N–H and O–H groups in total. The molecule has 0 radical (unpaired) electrons. The van der Waals surface area contributed by atoms with Crippen LogP contribution >= 0.6 is 0 Å². The maximum atomic E-state index is 3.67. The van der Waals surface area contributed by atoms with Crippen LogP contribution in [0, 0.1) is 5.92 Å². The molecule has 94 valence electrons. The van der Waals surface area contributed by atoms with Gasteiger partial charge in [0.05, 0.1) is 0 Å². The van der Waals surface area contributed by atoms with Crippen LogP contribution in [0.25, 0.3) is 0 Å². The van der Waals surface area contributed by atoms with Crippen LogP contribution in [-0.4, -0.2) is 36.1 Å². The van der Waals surface area contributed by atoms with Gasteiger partial charge in [-0.2, -0.15) is 0 Å². The summed E-state index contributed by atoms with van der Waals surface area (Å²) in [6.07, 6.45) is 7.03. The van der Waals surface area contributed by atoms with Gasteiger partial charge < -0.3 is 10.2 Å². The van der Waals surface area contributed by atoms with Gasteiger partial charge in [0.15, 0.2) is 0 Å². The minimum atomic E-state index is 0.686. The highest BCUT2D eigenvalue weighted by atomic mass is 15.2. The van der Waals surface area contributed by atoms with Crippen molar-refractivity contribution in [1.29, 1.82) is 0 Å². The van der Waals surface area contributed by atoms with Crippen LogP contribution in [0.1, 0.15) is 52.9 Å². The highest BCUT2D eigenvalue weighted by Gasteiger charge is 2.29. The molecule has 1 aliphatic heterocycles. The van der Waals surface area contributed by atoms with Crippen LogP contribution in [0.4, 0.5) is 0 Å². The van der Waals surface area contributed by atoms with Crippen LogP contribution in [0.5, 0.6) is 0 Å². The molecule has 0 aromatic carbocycles. The van der Waals surface area contributed by atoms with Gasteiger partial charge in [-0.25, -0.2) is 0 Å². The molecule has 1 heterocycles. The molecule has 0 spiro atoms. The van der Waals surface area contributed by atoms with E-state index >= 15 is 0 Å². The smallest absolute Gasteiger partial charge is 0.00952 e. The summed E-state index contributed by atoms with van der Waals surface area (Å²) >= 11 is 0. The van der Waals surface area contributed by atoms with Gasteiger partial charge in [0.25, 0.3) is 0 Å². The summed E-state index contributed by atoms with van der Waals surface area (Å²) in [5, 5.41) is 3.67. The van der Waals surface area contributed by atoms with Crippen LogP contribution < -0.4 is 5.32 Å². The standard InChI is InChI=1S/C14H28N2/c1-11-7-9-16(10-8-12(2)15-11)13(3)14-5-4-6-14/h11-15H,4-10H2,1-3H3. The lowest BCUT2D eigenvalue weighted by atomic mass is 9.79. The zero-order valence-corrected chi connectivity index (χ0v) is 11.2. The molecule has 0 amide bonds. The molecule has 3 unspecified atom stereocenters. The number of nitrogens with zero attached hydrogens (tertiary/aromatic N) is 1. The van der Waals surface area contributed by atoms with Crippen LogP contribution in [0.3, 0.4) is 0 Å². The average molecular weight is 224 g/mol. The van der Waals surface area contributed by atoms with Gasteiger partial charge in [-0.1, -0.05) is 6.42 Å². The summed E-state index contributed by atoms with van der Waals surface area (Å²) in [6, 6.07) is 2.20. The lowest BCUT2D eigenvalue weighted by molar-refractivity contribution is 0.0923. The number of rotatable bonds is 2. The zero-order chi connectivity index (χ0) is 11.5. The Hall–Kier alpha value is -0.0800. The quantitative estimate of drug-likeness (QED) is 0.776. The highest BCUT2D eigenvalue weighted by Crippen LogP contribution is 2.32. The first-order chi connectivity index (χ1) is 7.66. The topological polar surface area (TPSA) is 15.3 Å². The third-order valence-electron chi connectivity index (χ3n) is 4.68. The molecule has 2 fully saturated rings. The Morgan fingerprint density at radius 1 is 1.00 bits per heavy atom. The molecule has 1 saturated carbocycles. The second-order valence-corrected chi connectivity index (χ2v) is 6.01. The summed E-state index contributed by atoms with van der Waals surface area (Å²) < 4.78 is 0. The summed E-state index contributed by atoms with van der Waals surface area (Å²) in [5.74, 6) is 0.998. The van der Waals surface area contributed by atoms with Crippen molar-refractivity contribution in [2.75, 3.05) is 13.1 Å². The van der Waals surface area contributed by atoms with Crippen LogP contribution in [0.2, 0.25) is 0 Å². The van der Waals surface area contributed by atoms with E-state index in [9.17, 15) is 0 Å². The van der Waals surface area contributed by atoms with E-state index in [1.807, 2.05) is 0 Å².